The quantitative estimate of drug-likeness (QED) is 0.205. The van der Waals surface area contributed by atoms with Crippen LogP contribution in [0.5, 0.6) is 17.4 Å². The average Bonchev–Trinajstić information content (AvgIpc) is 3.24. The SMILES string of the molecule is COc1ccc(-c2cc3c(Oc4cccc(Br)c4)nc(Sc4cccc(Br)c4)nc3[nH]2)cc1. The number of nitrogens with one attached hydrogen (secondary N) is 1. The van der Waals surface area contributed by atoms with E-state index < -0.39 is 0 Å². The van der Waals surface area contributed by atoms with Crippen LogP contribution in [0.15, 0.2) is 97.9 Å². The number of methoxy groups -OCH3 is 1. The van der Waals surface area contributed by atoms with Crippen LogP contribution in [0.25, 0.3) is 22.3 Å². The van der Waals surface area contributed by atoms with Gasteiger partial charge in [-0.05, 0) is 84.1 Å². The minimum Gasteiger partial charge on any atom is -0.497 e. The van der Waals surface area contributed by atoms with Crippen LogP contribution in [-0.4, -0.2) is 22.1 Å². The Morgan fingerprint density at radius 3 is 2.30 bits per heavy atom. The number of benzene rings is 3. The summed E-state index contributed by atoms with van der Waals surface area (Å²) in [6, 6.07) is 25.6. The van der Waals surface area contributed by atoms with Gasteiger partial charge in [-0.25, -0.2) is 4.98 Å². The van der Waals surface area contributed by atoms with Crippen molar-refractivity contribution >= 4 is 54.7 Å². The third-order valence-electron chi connectivity index (χ3n) is 4.85. The fraction of sp³-hybridized carbons (Fsp3) is 0.0400. The van der Waals surface area contributed by atoms with E-state index in [0.29, 0.717) is 22.4 Å². The molecule has 164 valence electrons. The van der Waals surface area contributed by atoms with Crippen molar-refractivity contribution in [3.8, 4) is 28.6 Å². The lowest BCUT2D eigenvalue weighted by atomic mass is 10.1. The summed E-state index contributed by atoms with van der Waals surface area (Å²) in [6.45, 7) is 0. The number of halogens is 2. The van der Waals surface area contributed by atoms with Crippen LogP contribution in [-0.2, 0) is 0 Å². The van der Waals surface area contributed by atoms with Gasteiger partial charge in [0.05, 0.1) is 12.5 Å². The zero-order valence-electron chi connectivity index (χ0n) is 17.4. The number of H-pyrrole nitrogens is 1. The molecule has 2 heterocycles. The lowest BCUT2D eigenvalue weighted by molar-refractivity contribution is 0.415. The maximum absolute atomic E-state index is 6.22. The van der Waals surface area contributed by atoms with Crippen LogP contribution in [0.2, 0.25) is 0 Å². The van der Waals surface area contributed by atoms with Crippen molar-refractivity contribution in [3.05, 3.63) is 87.8 Å². The largest absolute Gasteiger partial charge is 0.497 e. The lowest BCUT2D eigenvalue weighted by Crippen LogP contribution is -1.94. The highest BCUT2D eigenvalue weighted by Gasteiger charge is 2.15. The first-order chi connectivity index (χ1) is 16.1. The van der Waals surface area contributed by atoms with Gasteiger partial charge in [0, 0.05) is 19.5 Å². The first-order valence-corrected chi connectivity index (χ1v) is 12.4. The topological polar surface area (TPSA) is 60.0 Å². The maximum Gasteiger partial charge on any atom is 0.232 e. The van der Waals surface area contributed by atoms with Crippen molar-refractivity contribution in [2.45, 2.75) is 10.1 Å². The van der Waals surface area contributed by atoms with Gasteiger partial charge in [-0.2, -0.15) is 4.98 Å². The third kappa shape index (κ3) is 5.08. The van der Waals surface area contributed by atoms with Gasteiger partial charge in [-0.1, -0.05) is 44.0 Å². The van der Waals surface area contributed by atoms with Crippen molar-refractivity contribution < 1.29 is 9.47 Å². The van der Waals surface area contributed by atoms with E-state index >= 15 is 0 Å². The maximum atomic E-state index is 6.22. The molecule has 0 aliphatic heterocycles. The summed E-state index contributed by atoms with van der Waals surface area (Å²) in [5.41, 5.74) is 2.65. The molecule has 5 aromatic rings. The van der Waals surface area contributed by atoms with E-state index in [1.807, 2.05) is 78.9 Å². The van der Waals surface area contributed by atoms with E-state index in [0.717, 1.165) is 36.2 Å². The van der Waals surface area contributed by atoms with Gasteiger partial charge in [-0.15, -0.1) is 0 Å². The van der Waals surface area contributed by atoms with Gasteiger partial charge in [0.1, 0.15) is 17.1 Å². The van der Waals surface area contributed by atoms with E-state index in [-0.39, 0.29) is 0 Å². The minimum atomic E-state index is 0.492. The number of aromatic nitrogens is 3. The molecule has 33 heavy (non-hydrogen) atoms. The fourth-order valence-electron chi connectivity index (χ4n) is 3.29. The number of rotatable bonds is 6. The Bertz CT molecular complexity index is 1440. The molecule has 8 heteroatoms. The highest BCUT2D eigenvalue weighted by molar-refractivity contribution is 9.10. The summed E-state index contributed by atoms with van der Waals surface area (Å²) in [5, 5.41) is 1.40. The van der Waals surface area contributed by atoms with Crippen LogP contribution in [0.1, 0.15) is 0 Å². The Morgan fingerprint density at radius 2 is 1.58 bits per heavy atom. The molecule has 3 aromatic carbocycles. The first-order valence-electron chi connectivity index (χ1n) is 9.99. The fourth-order valence-corrected chi connectivity index (χ4v) is 5.03. The smallest absolute Gasteiger partial charge is 0.232 e. The summed E-state index contributed by atoms with van der Waals surface area (Å²) in [6.07, 6.45) is 0. The van der Waals surface area contributed by atoms with Crippen LogP contribution in [0.3, 0.4) is 0 Å². The van der Waals surface area contributed by atoms with Gasteiger partial charge >= 0.3 is 0 Å². The van der Waals surface area contributed by atoms with Crippen LogP contribution >= 0.6 is 43.6 Å². The van der Waals surface area contributed by atoms with E-state index in [4.69, 9.17) is 19.4 Å². The zero-order valence-corrected chi connectivity index (χ0v) is 21.4. The van der Waals surface area contributed by atoms with Crippen molar-refractivity contribution in [3.63, 3.8) is 0 Å². The molecule has 0 fully saturated rings. The Balaban J connectivity index is 1.59. The van der Waals surface area contributed by atoms with Crippen LogP contribution in [0.4, 0.5) is 0 Å². The molecule has 0 saturated carbocycles. The van der Waals surface area contributed by atoms with E-state index in [1.165, 1.54) is 11.8 Å². The molecule has 0 saturated heterocycles. The molecule has 0 unspecified atom stereocenters. The van der Waals surface area contributed by atoms with Gasteiger partial charge in [-0.3, -0.25) is 0 Å². The first kappa shape index (κ1) is 22.0. The third-order valence-corrected chi connectivity index (χ3v) is 6.69. The number of hydrogen-bond acceptors (Lipinski definition) is 5. The molecule has 1 N–H and O–H groups in total. The number of hydrogen-bond donors (Lipinski definition) is 1. The number of fused-ring (bicyclic) bond motifs is 1. The molecule has 5 rings (SSSR count). The van der Waals surface area contributed by atoms with E-state index in [1.54, 1.807) is 7.11 Å². The summed E-state index contributed by atoms with van der Waals surface area (Å²) in [5.74, 6) is 1.99. The van der Waals surface area contributed by atoms with Gasteiger partial charge < -0.3 is 14.5 Å². The van der Waals surface area contributed by atoms with Crippen LogP contribution < -0.4 is 9.47 Å². The molecule has 5 nitrogen and oxygen atoms in total. The molecule has 0 spiro atoms. The molecular formula is C25H17Br2N3O2S. The molecular weight excluding hydrogens is 566 g/mol. The van der Waals surface area contributed by atoms with Crippen molar-refractivity contribution in [1.82, 2.24) is 15.0 Å². The second-order valence-electron chi connectivity index (χ2n) is 7.10. The zero-order chi connectivity index (χ0) is 22.8. The van der Waals surface area contributed by atoms with Gasteiger partial charge in [0.25, 0.3) is 0 Å². The molecule has 0 aliphatic carbocycles. The van der Waals surface area contributed by atoms with Crippen molar-refractivity contribution in [2.75, 3.05) is 7.11 Å². The standard InChI is InChI=1S/C25H17Br2N3O2S/c1-31-18-10-8-15(9-11-18)22-14-21-23(28-22)29-25(33-20-7-3-5-17(27)13-20)30-24(21)32-19-6-2-4-16(26)12-19/h2-14H,1H3,(H,28,29,30). The number of ether oxygens (including phenoxy) is 2. The van der Waals surface area contributed by atoms with E-state index in [9.17, 15) is 0 Å². The summed E-state index contributed by atoms with van der Waals surface area (Å²) < 4.78 is 13.4. The van der Waals surface area contributed by atoms with Gasteiger partial charge in [0.15, 0.2) is 5.16 Å². The monoisotopic (exact) mass is 581 g/mol. The second kappa shape index (κ2) is 9.59. The minimum absolute atomic E-state index is 0.492. The molecule has 0 radical (unpaired) electrons. The summed E-state index contributed by atoms with van der Waals surface area (Å²) >= 11 is 8.50. The predicted octanol–water partition coefficient (Wildman–Crippen LogP) is 8.10. The molecule has 0 amide bonds. The Hall–Kier alpha value is -2.81. The molecule has 0 bridgehead atoms. The molecule has 0 aliphatic rings. The molecule has 2 aromatic heterocycles. The number of nitrogens with zero attached hydrogens (tertiary/aromatic N) is 2. The highest BCUT2D eigenvalue weighted by atomic mass is 79.9. The van der Waals surface area contributed by atoms with Crippen LogP contribution in [0, 0.1) is 0 Å². The summed E-state index contributed by atoms with van der Waals surface area (Å²) in [7, 11) is 1.66. The number of aromatic amines is 1. The van der Waals surface area contributed by atoms with Crippen molar-refractivity contribution in [2.24, 2.45) is 0 Å². The predicted molar refractivity (Wildman–Crippen MR) is 138 cm³/mol. The normalized spacial score (nSPS) is 11.0. The Morgan fingerprint density at radius 1 is 0.818 bits per heavy atom. The van der Waals surface area contributed by atoms with E-state index in [2.05, 4.69) is 36.8 Å². The molecule has 0 atom stereocenters. The highest BCUT2D eigenvalue weighted by Crippen LogP contribution is 2.36. The van der Waals surface area contributed by atoms with Gasteiger partial charge in [0.2, 0.25) is 5.88 Å². The second-order valence-corrected chi connectivity index (χ2v) is 9.98. The van der Waals surface area contributed by atoms with Crippen molar-refractivity contribution in [1.29, 1.82) is 0 Å². The lowest BCUT2D eigenvalue weighted by Gasteiger charge is -2.08. The summed E-state index contributed by atoms with van der Waals surface area (Å²) in [4.78, 5) is 14.0. The Labute approximate surface area is 211 Å². The average molecular weight is 583 g/mol. The Kier molecular flexibility index (Phi) is 6.39.